The molecule has 0 aliphatic carbocycles. The second-order valence-electron chi connectivity index (χ2n) is 3.36. The van der Waals surface area contributed by atoms with Crippen molar-refractivity contribution in [2.75, 3.05) is 13.2 Å². The molecule has 0 fully saturated rings. The molecule has 0 aromatic heterocycles. The van der Waals surface area contributed by atoms with Crippen LogP contribution in [0, 0.1) is 5.92 Å². The normalized spacial score (nSPS) is 16.5. The summed E-state index contributed by atoms with van der Waals surface area (Å²) in [6, 6.07) is 0. The van der Waals surface area contributed by atoms with Crippen LogP contribution in [0.1, 0.15) is 27.2 Å². The zero-order valence-corrected chi connectivity index (χ0v) is 8.29. The first-order valence-electron chi connectivity index (χ1n) is 4.61. The van der Waals surface area contributed by atoms with Gasteiger partial charge in [0.25, 0.3) is 0 Å². The quantitative estimate of drug-likeness (QED) is 0.626. The molecular formula is C9H21NO2. The Labute approximate surface area is 74.9 Å². The molecule has 0 heterocycles. The van der Waals surface area contributed by atoms with Crippen LogP contribution < -0.4 is 5.73 Å². The fourth-order valence-electron chi connectivity index (χ4n) is 1.11. The summed E-state index contributed by atoms with van der Waals surface area (Å²) in [7, 11) is 0. The van der Waals surface area contributed by atoms with Gasteiger partial charge in [-0.15, -0.1) is 0 Å². The first kappa shape index (κ1) is 11.9. The first-order chi connectivity index (χ1) is 5.61. The predicted octanol–water partition coefficient (Wildman–Crippen LogP) is 0.757. The number of ether oxygens (including phenoxy) is 1. The lowest BCUT2D eigenvalue weighted by Crippen LogP contribution is -2.30. The molecule has 0 spiro atoms. The molecule has 3 nitrogen and oxygen atoms in total. The van der Waals surface area contributed by atoms with Crippen LogP contribution in [-0.4, -0.2) is 30.5 Å². The van der Waals surface area contributed by atoms with Gasteiger partial charge < -0.3 is 15.6 Å². The van der Waals surface area contributed by atoms with Crippen LogP contribution in [0.3, 0.4) is 0 Å². The molecule has 0 bridgehead atoms. The minimum absolute atomic E-state index is 0.133. The van der Waals surface area contributed by atoms with Crippen LogP contribution in [-0.2, 0) is 4.74 Å². The molecule has 3 heteroatoms. The van der Waals surface area contributed by atoms with E-state index in [2.05, 4.69) is 13.8 Å². The molecule has 3 N–H and O–H groups in total. The standard InChI is InChI=1S/C9H21NO2/c1-4-12-9(7(2)3)5-8(11)6-10/h7-9,11H,4-6,10H2,1-3H3/t8?,9-/m0/s1. The highest BCUT2D eigenvalue weighted by atomic mass is 16.5. The lowest BCUT2D eigenvalue weighted by molar-refractivity contribution is -0.00408. The molecule has 0 aromatic rings. The number of rotatable bonds is 6. The van der Waals surface area contributed by atoms with Crippen LogP contribution in [0.4, 0.5) is 0 Å². The van der Waals surface area contributed by atoms with E-state index in [-0.39, 0.29) is 6.10 Å². The monoisotopic (exact) mass is 175 g/mol. The molecule has 0 aliphatic heterocycles. The maximum Gasteiger partial charge on any atom is 0.0687 e. The molecule has 0 radical (unpaired) electrons. The first-order valence-corrected chi connectivity index (χ1v) is 4.61. The Morgan fingerprint density at radius 3 is 2.33 bits per heavy atom. The van der Waals surface area contributed by atoms with Crippen LogP contribution in [0.2, 0.25) is 0 Å². The van der Waals surface area contributed by atoms with Gasteiger partial charge in [-0.3, -0.25) is 0 Å². The second kappa shape index (κ2) is 6.40. The number of hydrogen-bond acceptors (Lipinski definition) is 3. The van der Waals surface area contributed by atoms with E-state index in [0.29, 0.717) is 25.5 Å². The summed E-state index contributed by atoms with van der Waals surface area (Å²) >= 11 is 0. The van der Waals surface area contributed by atoms with Crippen molar-refractivity contribution in [1.82, 2.24) is 0 Å². The maximum atomic E-state index is 9.30. The van der Waals surface area contributed by atoms with E-state index in [4.69, 9.17) is 10.5 Å². The number of nitrogens with two attached hydrogens (primary N) is 1. The van der Waals surface area contributed by atoms with E-state index in [1.807, 2.05) is 6.92 Å². The zero-order valence-electron chi connectivity index (χ0n) is 8.29. The van der Waals surface area contributed by atoms with Crippen molar-refractivity contribution in [3.05, 3.63) is 0 Å². The summed E-state index contributed by atoms with van der Waals surface area (Å²) in [5.41, 5.74) is 5.31. The summed E-state index contributed by atoms with van der Waals surface area (Å²) in [5, 5.41) is 9.30. The van der Waals surface area contributed by atoms with Crippen molar-refractivity contribution >= 4 is 0 Å². The van der Waals surface area contributed by atoms with E-state index >= 15 is 0 Å². The average molecular weight is 175 g/mol. The molecule has 0 saturated carbocycles. The minimum Gasteiger partial charge on any atom is -0.392 e. The van der Waals surface area contributed by atoms with Crippen molar-refractivity contribution in [3.8, 4) is 0 Å². The molecule has 74 valence electrons. The summed E-state index contributed by atoms with van der Waals surface area (Å²) in [4.78, 5) is 0. The van der Waals surface area contributed by atoms with Crippen LogP contribution >= 0.6 is 0 Å². The Morgan fingerprint density at radius 2 is 2.00 bits per heavy atom. The SMILES string of the molecule is CCO[C@@H](CC(O)CN)C(C)C. The lowest BCUT2D eigenvalue weighted by atomic mass is 10.0. The van der Waals surface area contributed by atoms with Gasteiger partial charge in [0.05, 0.1) is 12.2 Å². The molecule has 0 rings (SSSR count). The smallest absolute Gasteiger partial charge is 0.0687 e. The van der Waals surface area contributed by atoms with Crippen molar-refractivity contribution in [3.63, 3.8) is 0 Å². The number of aliphatic hydroxyl groups is 1. The Kier molecular flexibility index (Phi) is 6.34. The van der Waals surface area contributed by atoms with Gasteiger partial charge in [0.1, 0.15) is 0 Å². The molecule has 0 aliphatic rings. The molecule has 12 heavy (non-hydrogen) atoms. The average Bonchev–Trinajstić information content (AvgIpc) is 2.03. The van der Waals surface area contributed by atoms with Crippen LogP contribution in [0.15, 0.2) is 0 Å². The molecule has 0 aromatic carbocycles. The largest absolute Gasteiger partial charge is 0.392 e. The highest BCUT2D eigenvalue weighted by molar-refractivity contribution is 4.68. The van der Waals surface area contributed by atoms with Crippen molar-refractivity contribution in [2.24, 2.45) is 11.7 Å². The molecule has 2 atom stereocenters. The van der Waals surface area contributed by atoms with Gasteiger partial charge in [-0.1, -0.05) is 13.8 Å². The summed E-state index contributed by atoms with van der Waals surface area (Å²) in [6.45, 7) is 7.15. The van der Waals surface area contributed by atoms with E-state index in [1.165, 1.54) is 0 Å². The van der Waals surface area contributed by atoms with Gasteiger partial charge in [0, 0.05) is 19.6 Å². The topological polar surface area (TPSA) is 55.5 Å². The summed E-state index contributed by atoms with van der Waals surface area (Å²) < 4.78 is 5.46. The van der Waals surface area contributed by atoms with E-state index in [0.717, 1.165) is 0 Å². The molecule has 0 amide bonds. The fraction of sp³-hybridized carbons (Fsp3) is 1.00. The van der Waals surface area contributed by atoms with E-state index in [1.54, 1.807) is 0 Å². The highest BCUT2D eigenvalue weighted by Crippen LogP contribution is 2.12. The fourth-order valence-corrected chi connectivity index (χ4v) is 1.11. The number of aliphatic hydroxyl groups excluding tert-OH is 1. The Balaban J connectivity index is 3.77. The van der Waals surface area contributed by atoms with Gasteiger partial charge in [-0.05, 0) is 12.8 Å². The Hall–Kier alpha value is -0.120. The Morgan fingerprint density at radius 1 is 1.42 bits per heavy atom. The highest BCUT2D eigenvalue weighted by Gasteiger charge is 2.16. The van der Waals surface area contributed by atoms with E-state index < -0.39 is 6.10 Å². The molecule has 0 saturated heterocycles. The van der Waals surface area contributed by atoms with E-state index in [9.17, 15) is 5.11 Å². The van der Waals surface area contributed by atoms with Crippen LogP contribution in [0.25, 0.3) is 0 Å². The maximum absolute atomic E-state index is 9.30. The predicted molar refractivity (Wildman–Crippen MR) is 49.9 cm³/mol. The van der Waals surface area contributed by atoms with Gasteiger partial charge in [0.2, 0.25) is 0 Å². The van der Waals surface area contributed by atoms with Crippen molar-refractivity contribution < 1.29 is 9.84 Å². The lowest BCUT2D eigenvalue weighted by Gasteiger charge is -2.22. The van der Waals surface area contributed by atoms with Gasteiger partial charge >= 0.3 is 0 Å². The summed E-state index contributed by atoms with van der Waals surface area (Å²) in [6.07, 6.45) is 0.347. The zero-order chi connectivity index (χ0) is 9.56. The van der Waals surface area contributed by atoms with Crippen molar-refractivity contribution in [2.45, 2.75) is 39.4 Å². The third-order valence-electron chi connectivity index (χ3n) is 1.90. The minimum atomic E-state index is -0.427. The van der Waals surface area contributed by atoms with Gasteiger partial charge in [0.15, 0.2) is 0 Å². The van der Waals surface area contributed by atoms with Gasteiger partial charge in [-0.25, -0.2) is 0 Å². The number of hydrogen-bond donors (Lipinski definition) is 2. The molecular weight excluding hydrogens is 154 g/mol. The molecule has 1 unspecified atom stereocenters. The second-order valence-corrected chi connectivity index (χ2v) is 3.36. The Bertz CT molecular complexity index is 107. The third kappa shape index (κ3) is 4.70. The van der Waals surface area contributed by atoms with Crippen molar-refractivity contribution in [1.29, 1.82) is 0 Å². The third-order valence-corrected chi connectivity index (χ3v) is 1.90. The summed E-state index contributed by atoms with van der Waals surface area (Å²) in [5.74, 6) is 0.436. The van der Waals surface area contributed by atoms with Gasteiger partial charge in [-0.2, -0.15) is 0 Å². The van der Waals surface area contributed by atoms with Crippen LogP contribution in [0.5, 0.6) is 0 Å².